The van der Waals surface area contributed by atoms with Gasteiger partial charge < -0.3 is 5.32 Å². The van der Waals surface area contributed by atoms with E-state index in [1.54, 1.807) is 5.56 Å². The summed E-state index contributed by atoms with van der Waals surface area (Å²) in [5, 5.41) is 3.65. The highest BCUT2D eigenvalue weighted by molar-refractivity contribution is 5.28. The third-order valence-corrected chi connectivity index (χ3v) is 5.94. The van der Waals surface area contributed by atoms with Crippen LogP contribution in [0.5, 0.6) is 0 Å². The number of rotatable bonds is 1. The molecule has 1 saturated carbocycles. The summed E-state index contributed by atoms with van der Waals surface area (Å²) in [5.41, 5.74) is 3.95. The second-order valence-electron chi connectivity index (χ2n) is 8.10. The molecule has 1 saturated heterocycles. The molecule has 1 heteroatoms. The Hall–Kier alpha value is -0.820. The van der Waals surface area contributed by atoms with Gasteiger partial charge in [0.15, 0.2) is 0 Å². The van der Waals surface area contributed by atoms with Crippen LogP contribution in [0.25, 0.3) is 0 Å². The van der Waals surface area contributed by atoms with Crippen LogP contribution in [0.15, 0.2) is 24.3 Å². The van der Waals surface area contributed by atoms with Gasteiger partial charge in [-0.05, 0) is 55.0 Å². The SMILES string of the molecule is Cc1ccc(C2CNCCC23CC(C)(C)CC3C)cc1. The first-order chi connectivity index (χ1) is 9.43. The first-order valence-electron chi connectivity index (χ1n) is 8.20. The van der Waals surface area contributed by atoms with Gasteiger partial charge in [-0.2, -0.15) is 0 Å². The molecule has 110 valence electrons. The van der Waals surface area contributed by atoms with Crippen molar-refractivity contribution in [2.75, 3.05) is 13.1 Å². The van der Waals surface area contributed by atoms with Crippen molar-refractivity contribution in [2.45, 2.75) is 52.9 Å². The Bertz CT molecular complexity index is 473. The van der Waals surface area contributed by atoms with E-state index in [4.69, 9.17) is 0 Å². The predicted molar refractivity (Wildman–Crippen MR) is 86.0 cm³/mol. The Balaban J connectivity index is 1.97. The molecule has 2 aliphatic rings. The van der Waals surface area contributed by atoms with E-state index in [-0.39, 0.29) is 0 Å². The molecule has 3 rings (SSSR count). The molecular weight excluding hydrogens is 242 g/mol. The largest absolute Gasteiger partial charge is 0.316 e. The summed E-state index contributed by atoms with van der Waals surface area (Å²) in [6.45, 7) is 12.0. The summed E-state index contributed by atoms with van der Waals surface area (Å²) < 4.78 is 0. The Kier molecular flexibility index (Phi) is 3.44. The molecule has 1 spiro atoms. The third-order valence-electron chi connectivity index (χ3n) is 5.94. The molecule has 1 N–H and O–H groups in total. The summed E-state index contributed by atoms with van der Waals surface area (Å²) >= 11 is 0. The quantitative estimate of drug-likeness (QED) is 0.792. The van der Waals surface area contributed by atoms with E-state index in [0.29, 0.717) is 16.7 Å². The zero-order valence-corrected chi connectivity index (χ0v) is 13.5. The second kappa shape index (κ2) is 4.87. The standard InChI is InChI=1S/C19H29N/c1-14-5-7-16(8-6-14)17-12-20-10-9-19(17)13-18(3,4)11-15(19)2/h5-8,15,17,20H,9-13H2,1-4H3. The number of benzene rings is 1. The van der Waals surface area contributed by atoms with Crippen LogP contribution >= 0.6 is 0 Å². The molecule has 1 aromatic rings. The van der Waals surface area contributed by atoms with Crippen molar-refractivity contribution < 1.29 is 0 Å². The number of hydrogen-bond acceptors (Lipinski definition) is 1. The molecule has 1 aliphatic heterocycles. The first kappa shape index (κ1) is 14.1. The minimum atomic E-state index is 0.514. The average Bonchev–Trinajstić information content (AvgIpc) is 2.61. The maximum Gasteiger partial charge on any atom is 0.00256 e. The third kappa shape index (κ3) is 2.30. The number of nitrogens with one attached hydrogen (secondary N) is 1. The van der Waals surface area contributed by atoms with Crippen LogP contribution < -0.4 is 5.32 Å². The molecule has 0 amide bonds. The fourth-order valence-electron chi connectivity index (χ4n) is 5.16. The molecule has 0 aromatic heterocycles. The van der Waals surface area contributed by atoms with E-state index < -0.39 is 0 Å². The lowest BCUT2D eigenvalue weighted by molar-refractivity contribution is 0.108. The predicted octanol–water partition coefficient (Wildman–Crippen LogP) is 4.51. The Morgan fingerprint density at radius 1 is 1.15 bits per heavy atom. The normalized spacial score (nSPS) is 36.4. The van der Waals surface area contributed by atoms with E-state index in [0.717, 1.165) is 12.5 Å². The Labute approximate surface area is 124 Å². The lowest BCUT2D eigenvalue weighted by Gasteiger charge is -2.46. The van der Waals surface area contributed by atoms with Gasteiger partial charge in [0, 0.05) is 12.5 Å². The summed E-state index contributed by atoms with van der Waals surface area (Å²) in [7, 11) is 0. The Morgan fingerprint density at radius 3 is 2.45 bits per heavy atom. The van der Waals surface area contributed by atoms with Crippen LogP contribution in [0.4, 0.5) is 0 Å². The average molecular weight is 271 g/mol. The van der Waals surface area contributed by atoms with Crippen LogP contribution in [0.1, 0.15) is 57.1 Å². The van der Waals surface area contributed by atoms with Crippen LogP contribution in [0, 0.1) is 23.7 Å². The highest BCUT2D eigenvalue weighted by atomic mass is 14.9. The second-order valence-corrected chi connectivity index (χ2v) is 8.10. The van der Waals surface area contributed by atoms with E-state index >= 15 is 0 Å². The van der Waals surface area contributed by atoms with Crippen LogP contribution in [0.3, 0.4) is 0 Å². The monoisotopic (exact) mass is 271 g/mol. The van der Waals surface area contributed by atoms with Crippen LogP contribution in [-0.4, -0.2) is 13.1 Å². The summed E-state index contributed by atoms with van der Waals surface area (Å²) in [4.78, 5) is 0. The van der Waals surface area contributed by atoms with Crippen molar-refractivity contribution in [2.24, 2.45) is 16.7 Å². The molecule has 1 heterocycles. The lowest BCUT2D eigenvalue weighted by Crippen LogP contribution is -2.45. The summed E-state index contributed by atoms with van der Waals surface area (Å²) in [6, 6.07) is 9.30. The highest BCUT2D eigenvalue weighted by Gasteiger charge is 2.53. The van der Waals surface area contributed by atoms with Gasteiger partial charge in [-0.15, -0.1) is 0 Å². The zero-order chi connectivity index (χ0) is 14.4. The Morgan fingerprint density at radius 2 is 1.85 bits per heavy atom. The van der Waals surface area contributed by atoms with E-state index in [2.05, 4.69) is 57.3 Å². The maximum atomic E-state index is 3.65. The minimum Gasteiger partial charge on any atom is -0.316 e. The molecule has 2 fully saturated rings. The van der Waals surface area contributed by atoms with Gasteiger partial charge in [0.2, 0.25) is 0 Å². The summed E-state index contributed by atoms with van der Waals surface area (Å²) in [6.07, 6.45) is 4.12. The van der Waals surface area contributed by atoms with Crippen molar-refractivity contribution in [1.82, 2.24) is 5.32 Å². The fraction of sp³-hybridized carbons (Fsp3) is 0.684. The van der Waals surface area contributed by atoms with Gasteiger partial charge in [-0.1, -0.05) is 50.6 Å². The van der Waals surface area contributed by atoms with E-state index in [1.807, 2.05) is 0 Å². The molecule has 3 unspecified atom stereocenters. The zero-order valence-electron chi connectivity index (χ0n) is 13.5. The summed E-state index contributed by atoms with van der Waals surface area (Å²) in [5.74, 6) is 1.53. The number of piperidine rings is 1. The van der Waals surface area contributed by atoms with Gasteiger partial charge in [-0.3, -0.25) is 0 Å². The van der Waals surface area contributed by atoms with Crippen molar-refractivity contribution in [3.8, 4) is 0 Å². The van der Waals surface area contributed by atoms with E-state index in [1.165, 1.54) is 31.4 Å². The van der Waals surface area contributed by atoms with Crippen molar-refractivity contribution in [3.63, 3.8) is 0 Å². The van der Waals surface area contributed by atoms with Gasteiger partial charge >= 0.3 is 0 Å². The lowest BCUT2D eigenvalue weighted by atomic mass is 9.62. The van der Waals surface area contributed by atoms with E-state index in [9.17, 15) is 0 Å². The minimum absolute atomic E-state index is 0.514. The topological polar surface area (TPSA) is 12.0 Å². The van der Waals surface area contributed by atoms with Crippen molar-refractivity contribution >= 4 is 0 Å². The molecule has 3 atom stereocenters. The van der Waals surface area contributed by atoms with Gasteiger partial charge in [0.1, 0.15) is 0 Å². The molecule has 20 heavy (non-hydrogen) atoms. The van der Waals surface area contributed by atoms with Gasteiger partial charge in [0.05, 0.1) is 0 Å². The number of hydrogen-bond donors (Lipinski definition) is 1. The molecule has 1 aliphatic carbocycles. The molecule has 1 aromatic carbocycles. The molecule has 1 nitrogen and oxygen atoms in total. The maximum absolute atomic E-state index is 3.65. The molecule has 0 bridgehead atoms. The van der Waals surface area contributed by atoms with Crippen LogP contribution in [-0.2, 0) is 0 Å². The molecular formula is C19H29N. The number of aryl methyl sites for hydroxylation is 1. The fourth-order valence-corrected chi connectivity index (χ4v) is 5.16. The van der Waals surface area contributed by atoms with Gasteiger partial charge in [-0.25, -0.2) is 0 Å². The van der Waals surface area contributed by atoms with Gasteiger partial charge in [0.25, 0.3) is 0 Å². The van der Waals surface area contributed by atoms with Crippen molar-refractivity contribution in [3.05, 3.63) is 35.4 Å². The highest BCUT2D eigenvalue weighted by Crippen LogP contribution is 2.61. The van der Waals surface area contributed by atoms with Crippen LogP contribution in [0.2, 0.25) is 0 Å². The van der Waals surface area contributed by atoms with Crippen molar-refractivity contribution in [1.29, 1.82) is 0 Å². The first-order valence-corrected chi connectivity index (χ1v) is 8.20. The smallest absolute Gasteiger partial charge is 0.00256 e. The molecule has 0 radical (unpaired) electrons.